The number of nitrogens with zero attached hydrogens (tertiary/aromatic N) is 2. The van der Waals surface area contributed by atoms with Gasteiger partial charge >= 0.3 is 0 Å². The lowest BCUT2D eigenvalue weighted by Crippen LogP contribution is -1.96. The summed E-state index contributed by atoms with van der Waals surface area (Å²) in [5, 5.41) is 9.94. The zero-order valence-corrected chi connectivity index (χ0v) is 14.9. The Labute approximate surface area is 154 Å². The summed E-state index contributed by atoms with van der Waals surface area (Å²) in [5.41, 5.74) is 1.92. The predicted octanol–water partition coefficient (Wildman–Crippen LogP) is 4.83. The molecule has 5 nitrogen and oxygen atoms in total. The van der Waals surface area contributed by atoms with Crippen molar-refractivity contribution >= 4 is 34.3 Å². The molecule has 0 saturated carbocycles. The van der Waals surface area contributed by atoms with E-state index in [1.807, 2.05) is 6.92 Å². The minimum absolute atomic E-state index is 0.260. The standard InChI is InChI=1S/C19H15ClFN3O2/c1-3-26-18-7-11(14(20)9-17(18)25-2)6-12(10-22)19-23-15-5-4-13(21)8-16(15)24-19/h4-9H,3H2,1-2H3,(H,23,24)/b12-6-. The van der Waals surface area contributed by atoms with Crippen LogP contribution < -0.4 is 9.47 Å². The van der Waals surface area contributed by atoms with Gasteiger partial charge in [0.25, 0.3) is 0 Å². The summed E-state index contributed by atoms with van der Waals surface area (Å²) in [6.07, 6.45) is 1.60. The van der Waals surface area contributed by atoms with Gasteiger partial charge < -0.3 is 14.5 Å². The van der Waals surface area contributed by atoms with Crippen LogP contribution in [0.5, 0.6) is 11.5 Å². The van der Waals surface area contributed by atoms with E-state index in [0.29, 0.717) is 45.5 Å². The van der Waals surface area contributed by atoms with E-state index in [1.165, 1.54) is 19.2 Å². The Hall–Kier alpha value is -3.04. The third kappa shape index (κ3) is 3.48. The molecule has 0 aliphatic carbocycles. The molecule has 0 aliphatic rings. The second-order valence-corrected chi connectivity index (χ2v) is 5.78. The minimum Gasteiger partial charge on any atom is -0.493 e. The molecule has 26 heavy (non-hydrogen) atoms. The average Bonchev–Trinajstić information content (AvgIpc) is 3.04. The van der Waals surface area contributed by atoms with Crippen molar-refractivity contribution in [1.82, 2.24) is 9.97 Å². The number of aromatic amines is 1. The van der Waals surface area contributed by atoms with E-state index in [2.05, 4.69) is 16.0 Å². The van der Waals surface area contributed by atoms with Crippen molar-refractivity contribution in [2.75, 3.05) is 13.7 Å². The van der Waals surface area contributed by atoms with Gasteiger partial charge in [0.1, 0.15) is 17.7 Å². The van der Waals surface area contributed by atoms with E-state index < -0.39 is 0 Å². The molecule has 0 unspecified atom stereocenters. The van der Waals surface area contributed by atoms with Gasteiger partial charge in [-0.05, 0) is 42.8 Å². The van der Waals surface area contributed by atoms with Crippen LogP contribution in [-0.2, 0) is 0 Å². The van der Waals surface area contributed by atoms with Crippen LogP contribution in [0.4, 0.5) is 4.39 Å². The van der Waals surface area contributed by atoms with E-state index in [4.69, 9.17) is 21.1 Å². The van der Waals surface area contributed by atoms with Crippen LogP contribution in [0.3, 0.4) is 0 Å². The predicted molar refractivity (Wildman–Crippen MR) is 98.7 cm³/mol. The number of nitrogens with one attached hydrogen (secondary N) is 1. The fraction of sp³-hybridized carbons (Fsp3) is 0.158. The summed E-state index contributed by atoms with van der Waals surface area (Å²) in [4.78, 5) is 7.28. The van der Waals surface area contributed by atoms with Crippen molar-refractivity contribution in [2.45, 2.75) is 6.92 Å². The number of benzene rings is 2. The van der Waals surface area contributed by atoms with Crippen LogP contribution in [0.25, 0.3) is 22.7 Å². The number of halogens is 2. The van der Waals surface area contributed by atoms with Gasteiger partial charge in [0.15, 0.2) is 11.5 Å². The highest BCUT2D eigenvalue weighted by molar-refractivity contribution is 6.32. The van der Waals surface area contributed by atoms with Crippen molar-refractivity contribution in [1.29, 1.82) is 5.26 Å². The Kier molecular flexibility index (Phi) is 5.10. The largest absolute Gasteiger partial charge is 0.493 e. The van der Waals surface area contributed by atoms with Gasteiger partial charge in [-0.25, -0.2) is 9.37 Å². The Morgan fingerprint density at radius 2 is 2.15 bits per heavy atom. The number of rotatable bonds is 5. The third-order valence-electron chi connectivity index (χ3n) is 3.70. The molecule has 0 bridgehead atoms. The van der Waals surface area contributed by atoms with Gasteiger partial charge in [-0.15, -0.1) is 0 Å². The van der Waals surface area contributed by atoms with Crippen molar-refractivity contribution in [3.8, 4) is 17.6 Å². The van der Waals surface area contributed by atoms with Crippen LogP contribution in [0.1, 0.15) is 18.3 Å². The number of hydrogen-bond donors (Lipinski definition) is 1. The number of imidazole rings is 1. The molecule has 7 heteroatoms. The van der Waals surface area contributed by atoms with E-state index in [9.17, 15) is 9.65 Å². The molecule has 0 atom stereocenters. The number of methoxy groups -OCH3 is 1. The van der Waals surface area contributed by atoms with Crippen LogP contribution in [0, 0.1) is 17.1 Å². The van der Waals surface area contributed by atoms with Crippen LogP contribution >= 0.6 is 11.6 Å². The quantitative estimate of drug-likeness (QED) is 0.652. The second-order valence-electron chi connectivity index (χ2n) is 5.37. The van der Waals surface area contributed by atoms with Crippen molar-refractivity contribution in [3.05, 3.63) is 52.6 Å². The van der Waals surface area contributed by atoms with Gasteiger partial charge in [0.2, 0.25) is 0 Å². The summed E-state index contributed by atoms with van der Waals surface area (Å²) >= 11 is 6.30. The number of hydrogen-bond acceptors (Lipinski definition) is 4. The second kappa shape index (κ2) is 7.46. The van der Waals surface area contributed by atoms with E-state index in [1.54, 1.807) is 24.3 Å². The average molecular weight is 372 g/mol. The molecule has 0 amide bonds. The first kappa shape index (κ1) is 17.8. The molecule has 1 heterocycles. The monoisotopic (exact) mass is 371 g/mol. The first-order valence-electron chi connectivity index (χ1n) is 7.83. The number of allylic oxidation sites excluding steroid dienone is 1. The van der Waals surface area contributed by atoms with E-state index in [-0.39, 0.29) is 11.4 Å². The van der Waals surface area contributed by atoms with Crippen molar-refractivity contribution in [2.24, 2.45) is 0 Å². The van der Waals surface area contributed by atoms with Gasteiger partial charge in [-0.2, -0.15) is 5.26 Å². The maximum atomic E-state index is 13.3. The molecule has 0 aliphatic heterocycles. The van der Waals surface area contributed by atoms with Gasteiger partial charge in [0, 0.05) is 6.07 Å². The number of H-pyrrole nitrogens is 1. The smallest absolute Gasteiger partial charge is 0.162 e. The molecule has 3 aromatic rings. The maximum absolute atomic E-state index is 13.3. The fourth-order valence-corrected chi connectivity index (χ4v) is 2.72. The molecule has 0 fully saturated rings. The van der Waals surface area contributed by atoms with Crippen LogP contribution in [-0.4, -0.2) is 23.7 Å². The highest BCUT2D eigenvalue weighted by atomic mass is 35.5. The van der Waals surface area contributed by atoms with Crippen LogP contribution in [0.15, 0.2) is 30.3 Å². The third-order valence-corrected chi connectivity index (χ3v) is 4.03. The first-order chi connectivity index (χ1) is 12.5. The lowest BCUT2D eigenvalue weighted by molar-refractivity contribution is 0.311. The molecular weight excluding hydrogens is 357 g/mol. The molecule has 0 spiro atoms. The molecule has 132 valence electrons. The van der Waals surface area contributed by atoms with Crippen molar-refractivity contribution < 1.29 is 13.9 Å². The zero-order valence-electron chi connectivity index (χ0n) is 14.1. The summed E-state index contributed by atoms with van der Waals surface area (Å²) in [7, 11) is 1.53. The van der Waals surface area contributed by atoms with E-state index in [0.717, 1.165) is 0 Å². The molecule has 2 aromatic carbocycles. The number of aromatic nitrogens is 2. The number of fused-ring (bicyclic) bond motifs is 1. The molecule has 0 radical (unpaired) electrons. The van der Waals surface area contributed by atoms with Gasteiger partial charge in [-0.1, -0.05) is 11.6 Å². The van der Waals surface area contributed by atoms with Crippen LogP contribution in [0.2, 0.25) is 5.02 Å². The zero-order chi connectivity index (χ0) is 18.7. The molecule has 1 N–H and O–H groups in total. The Balaban J connectivity index is 2.08. The normalized spacial score (nSPS) is 11.4. The topological polar surface area (TPSA) is 70.9 Å². The van der Waals surface area contributed by atoms with E-state index >= 15 is 0 Å². The maximum Gasteiger partial charge on any atom is 0.162 e. The SMILES string of the molecule is CCOc1cc(/C=C(/C#N)c2nc3ccc(F)cc3[nH]2)c(Cl)cc1OC. The molecular formula is C19H15ClFN3O2. The minimum atomic E-state index is -0.380. The lowest BCUT2D eigenvalue weighted by atomic mass is 10.1. The number of ether oxygens (including phenoxy) is 2. The summed E-state index contributed by atoms with van der Waals surface area (Å²) in [6.45, 7) is 2.32. The van der Waals surface area contributed by atoms with Crippen molar-refractivity contribution in [3.63, 3.8) is 0 Å². The van der Waals surface area contributed by atoms with Gasteiger partial charge in [0.05, 0.1) is 35.3 Å². The molecule has 0 saturated heterocycles. The summed E-state index contributed by atoms with van der Waals surface area (Å²) in [6, 6.07) is 9.61. The summed E-state index contributed by atoms with van der Waals surface area (Å²) < 4.78 is 24.1. The molecule has 3 rings (SSSR count). The summed E-state index contributed by atoms with van der Waals surface area (Å²) in [5.74, 6) is 0.981. The highest BCUT2D eigenvalue weighted by Gasteiger charge is 2.13. The number of nitriles is 1. The van der Waals surface area contributed by atoms with Gasteiger partial charge in [-0.3, -0.25) is 0 Å². The Morgan fingerprint density at radius 3 is 2.85 bits per heavy atom. The lowest BCUT2D eigenvalue weighted by Gasteiger charge is -2.11. The Bertz CT molecular complexity index is 1040. The molecule has 1 aromatic heterocycles. The highest BCUT2D eigenvalue weighted by Crippen LogP contribution is 2.35. The fourth-order valence-electron chi connectivity index (χ4n) is 2.51. The Morgan fingerprint density at radius 1 is 1.35 bits per heavy atom. The first-order valence-corrected chi connectivity index (χ1v) is 8.21.